The fourth-order valence-electron chi connectivity index (χ4n) is 1.09. The molecule has 0 radical (unpaired) electrons. The molecular weight excluding hydrogens is 216 g/mol. The van der Waals surface area contributed by atoms with Crippen molar-refractivity contribution in [1.82, 2.24) is 4.90 Å². The summed E-state index contributed by atoms with van der Waals surface area (Å²) < 4.78 is 0. The van der Waals surface area contributed by atoms with Gasteiger partial charge in [-0.15, -0.1) is 0 Å². The summed E-state index contributed by atoms with van der Waals surface area (Å²) in [6, 6.07) is 6.61. The summed E-state index contributed by atoms with van der Waals surface area (Å²) in [4.78, 5) is 12.0. The van der Waals surface area contributed by atoms with E-state index in [9.17, 15) is 10.1 Å². The molecule has 0 aliphatic carbocycles. The van der Waals surface area contributed by atoms with E-state index in [0.717, 1.165) is 12.1 Å². The molecule has 0 saturated heterocycles. The summed E-state index contributed by atoms with van der Waals surface area (Å²) in [5, 5.41) is 10.3. The molecule has 0 aromatic heterocycles. The minimum atomic E-state index is -0.389. The molecule has 17 heavy (non-hydrogen) atoms. The van der Waals surface area contributed by atoms with Crippen molar-refractivity contribution in [1.29, 1.82) is 0 Å². The summed E-state index contributed by atoms with van der Waals surface area (Å²) in [6.07, 6.45) is 0. The minimum Gasteiger partial charge on any atom is -0.305 e. The van der Waals surface area contributed by atoms with Crippen LogP contribution in [0.1, 0.15) is 33.3 Å². The topological polar surface area (TPSA) is 46.4 Å². The van der Waals surface area contributed by atoms with E-state index < -0.39 is 0 Å². The Morgan fingerprint density at radius 1 is 1.06 bits per heavy atom. The first kappa shape index (κ1) is 18.0. The van der Waals surface area contributed by atoms with E-state index >= 15 is 0 Å². The van der Waals surface area contributed by atoms with Crippen LogP contribution in [-0.2, 0) is 6.54 Å². The number of nitrogens with zero attached hydrogens (tertiary/aromatic N) is 2. The predicted octanol–water partition coefficient (Wildman–Crippen LogP) is 3.71. The normalized spacial score (nSPS) is 8.65. The van der Waals surface area contributed by atoms with Gasteiger partial charge in [-0.2, -0.15) is 0 Å². The number of non-ortho nitro benzene ring substituents is 1. The fourth-order valence-corrected chi connectivity index (χ4v) is 1.09. The molecule has 0 unspecified atom stereocenters. The van der Waals surface area contributed by atoms with Crippen LogP contribution in [0.4, 0.5) is 5.69 Å². The Bertz CT molecular complexity index is 295. The number of hydrogen-bond acceptors (Lipinski definition) is 3. The SMILES string of the molecule is CC.CC.CN(C)Cc1ccc([N+](=O)[O-])cc1. The van der Waals surface area contributed by atoms with Gasteiger partial charge in [0.15, 0.2) is 0 Å². The monoisotopic (exact) mass is 240 g/mol. The Hall–Kier alpha value is -1.42. The van der Waals surface area contributed by atoms with E-state index in [1.54, 1.807) is 12.1 Å². The Kier molecular flexibility index (Phi) is 11.7. The second kappa shape index (κ2) is 11.1. The van der Waals surface area contributed by atoms with E-state index in [1.807, 2.05) is 46.7 Å². The van der Waals surface area contributed by atoms with Gasteiger partial charge >= 0.3 is 0 Å². The van der Waals surface area contributed by atoms with Crippen LogP contribution in [0, 0.1) is 10.1 Å². The van der Waals surface area contributed by atoms with Crippen LogP contribution < -0.4 is 0 Å². The van der Waals surface area contributed by atoms with Gasteiger partial charge in [0.1, 0.15) is 0 Å². The van der Waals surface area contributed by atoms with Crippen LogP contribution >= 0.6 is 0 Å². The maximum atomic E-state index is 10.3. The third-order valence-electron chi connectivity index (χ3n) is 1.65. The summed E-state index contributed by atoms with van der Waals surface area (Å²) in [5.41, 5.74) is 1.22. The van der Waals surface area contributed by atoms with Crippen molar-refractivity contribution in [3.63, 3.8) is 0 Å². The number of rotatable bonds is 3. The first-order valence-electron chi connectivity index (χ1n) is 5.97. The maximum Gasteiger partial charge on any atom is 0.269 e. The van der Waals surface area contributed by atoms with Gasteiger partial charge in [0, 0.05) is 18.7 Å². The Labute approximate surface area is 104 Å². The fraction of sp³-hybridized carbons (Fsp3) is 0.538. The van der Waals surface area contributed by atoms with Crippen LogP contribution in [0.2, 0.25) is 0 Å². The first-order chi connectivity index (χ1) is 8.09. The molecule has 1 rings (SSSR count). The molecule has 0 spiro atoms. The lowest BCUT2D eigenvalue weighted by Gasteiger charge is -2.08. The molecule has 98 valence electrons. The van der Waals surface area contributed by atoms with Gasteiger partial charge in [-0.05, 0) is 19.7 Å². The van der Waals surface area contributed by atoms with Crippen molar-refractivity contribution < 1.29 is 4.92 Å². The molecule has 0 atom stereocenters. The standard InChI is InChI=1S/C9H12N2O2.2C2H6/c1-10(2)7-8-3-5-9(6-4-8)11(12)13;2*1-2/h3-6H,7H2,1-2H3;2*1-2H3. The molecule has 0 saturated carbocycles. The highest BCUT2D eigenvalue weighted by molar-refractivity contribution is 5.32. The van der Waals surface area contributed by atoms with Gasteiger partial charge in [-0.25, -0.2) is 0 Å². The summed E-state index contributed by atoms with van der Waals surface area (Å²) in [5.74, 6) is 0. The van der Waals surface area contributed by atoms with Gasteiger partial charge in [0.2, 0.25) is 0 Å². The Morgan fingerprint density at radius 3 is 1.76 bits per heavy atom. The number of benzene rings is 1. The molecule has 0 bridgehead atoms. The number of nitro benzene ring substituents is 1. The second-order valence-electron chi connectivity index (χ2n) is 3.16. The van der Waals surface area contributed by atoms with Crippen molar-refractivity contribution in [2.24, 2.45) is 0 Å². The average molecular weight is 240 g/mol. The summed E-state index contributed by atoms with van der Waals surface area (Å²) >= 11 is 0. The van der Waals surface area contributed by atoms with Crippen molar-refractivity contribution in [3.05, 3.63) is 39.9 Å². The van der Waals surface area contributed by atoms with Crippen LogP contribution in [0.15, 0.2) is 24.3 Å². The van der Waals surface area contributed by atoms with Crippen LogP contribution in [0.3, 0.4) is 0 Å². The molecule has 0 aliphatic heterocycles. The molecule has 0 heterocycles. The minimum absolute atomic E-state index is 0.141. The molecular formula is C13H24N2O2. The number of hydrogen-bond donors (Lipinski definition) is 0. The van der Waals surface area contributed by atoms with Crippen molar-refractivity contribution in [3.8, 4) is 0 Å². The maximum absolute atomic E-state index is 10.3. The van der Waals surface area contributed by atoms with Crippen molar-refractivity contribution in [2.45, 2.75) is 34.2 Å². The largest absolute Gasteiger partial charge is 0.305 e. The molecule has 1 aromatic rings. The molecule has 0 N–H and O–H groups in total. The van der Waals surface area contributed by atoms with Gasteiger partial charge in [0.05, 0.1) is 4.92 Å². The van der Waals surface area contributed by atoms with E-state index in [-0.39, 0.29) is 10.6 Å². The molecule has 0 amide bonds. The quantitative estimate of drug-likeness (QED) is 0.597. The zero-order chi connectivity index (χ0) is 13.8. The third kappa shape index (κ3) is 8.39. The smallest absolute Gasteiger partial charge is 0.269 e. The molecule has 4 nitrogen and oxygen atoms in total. The lowest BCUT2D eigenvalue weighted by atomic mass is 10.2. The van der Waals surface area contributed by atoms with E-state index in [1.165, 1.54) is 12.1 Å². The Balaban J connectivity index is 0. The lowest BCUT2D eigenvalue weighted by molar-refractivity contribution is -0.384. The van der Waals surface area contributed by atoms with Gasteiger partial charge in [-0.1, -0.05) is 39.8 Å². The highest BCUT2D eigenvalue weighted by Gasteiger charge is 2.03. The zero-order valence-corrected chi connectivity index (χ0v) is 11.7. The van der Waals surface area contributed by atoms with Crippen LogP contribution in [0.25, 0.3) is 0 Å². The Morgan fingerprint density at radius 2 is 1.47 bits per heavy atom. The average Bonchev–Trinajstić information content (AvgIpc) is 2.34. The van der Waals surface area contributed by atoms with E-state index in [0.29, 0.717) is 0 Å². The van der Waals surface area contributed by atoms with Crippen LogP contribution in [-0.4, -0.2) is 23.9 Å². The highest BCUT2D eigenvalue weighted by atomic mass is 16.6. The number of nitro groups is 1. The van der Waals surface area contributed by atoms with E-state index in [4.69, 9.17) is 0 Å². The van der Waals surface area contributed by atoms with Crippen LogP contribution in [0.5, 0.6) is 0 Å². The van der Waals surface area contributed by atoms with Gasteiger partial charge in [0.25, 0.3) is 5.69 Å². The summed E-state index contributed by atoms with van der Waals surface area (Å²) in [7, 11) is 3.92. The van der Waals surface area contributed by atoms with Crippen molar-refractivity contribution >= 4 is 5.69 Å². The second-order valence-corrected chi connectivity index (χ2v) is 3.16. The third-order valence-corrected chi connectivity index (χ3v) is 1.65. The molecule has 1 aromatic carbocycles. The van der Waals surface area contributed by atoms with Crippen molar-refractivity contribution in [2.75, 3.05) is 14.1 Å². The predicted molar refractivity (Wildman–Crippen MR) is 73.2 cm³/mol. The summed E-state index contributed by atoms with van der Waals surface area (Å²) in [6.45, 7) is 8.80. The van der Waals surface area contributed by atoms with Gasteiger partial charge in [-0.3, -0.25) is 10.1 Å². The lowest BCUT2D eigenvalue weighted by Crippen LogP contribution is -2.10. The molecule has 0 aliphatic rings. The zero-order valence-electron chi connectivity index (χ0n) is 11.7. The van der Waals surface area contributed by atoms with Gasteiger partial charge < -0.3 is 4.90 Å². The molecule has 0 fully saturated rings. The highest BCUT2D eigenvalue weighted by Crippen LogP contribution is 2.12. The van der Waals surface area contributed by atoms with E-state index in [2.05, 4.69) is 0 Å². The first-order valence-corrected chi connectivity index (χ1v) is 5.97. The molecule has 4 heteroatoms.